The average molecular weight is 598 g/mol. The number of amides is 1. The molecule has 0 fully saturated rings. The van der Waals surface area contributed by atoms with E-state index in [-0.39, 0.29) is 17.4 Å². The lowest BCUT2D eigenvalue weighted by atomic mass is 9.90. The van der Waals surface area contributed by atoms with E-state index >= 15 is 0 Å². The van der Waals surface area contributed by atoms with Gasteiger partial charge in [-0.15, -0.1) is 0 Å². The van der Waals surface area contributed by atoms with Gasteiger partial charge in [-0.3, -0.25) is 14.2 Å². The lowest BCUT2D eigenvalue weighted by molar-refractivity contribution is -0.127. The molecule has 7 nitrogen and oxygen atoms in total. The molecule has 224 valence electrons. The number of carbonyl (C=O) groups excluding carboxylic acids is 1. The van der Waals surface area contributed by atoms with E-state index in [0.29, 0.717) is 39.4 Å². The van der Waals surface area contributed by atoms with Crippen LogP contribution in [0.3, 0.4) is 0 Å². The van der Waals surface area contributed by atoms with Crippen LogP contribution < -0.4 is 24.4 Å². The van der Waals surface area contributed by atoms with Crippen LogP contribution in [0, 0.1) is 6.92 Å². The summed E-state index contributed by atoms with van der Waals surface area (Å²) in [5, 5.41) is 1.92. The van der Waals surface area contributed by atoms with Crippen LogP contribution in [0.4, 0.5) is 0 Å². The number of aromatic nitrogens is 1. The number of aryl methyl sites for hydroxylation is 1. The number of ether oxygens (including phenoxy) is 2. The lowest BCUT2D eigenvalue weighted by Gasteiger charge is -2.30. The van der Waals surface area contributed by atoms with Gasteiger partial charge in [0.2, 0.25) is 0 Å². The maximum Gasteiger partial charge on any atom is 0.271 e. The fraction of sp³-hybridized carbons (Fsp3) is 0.343. The highest BCUT2D eigenvalue weighted by atomic mass is 32.1. The molecule has 1 atom stereocenters. The van der Waals surface area contributed by atoms with Gasteiger partial charge in [-0.1, -0.05) is 55.5 Å². The number of benzene rings is 3. The molecule has 0 spiro atoms. The first kappa shape index (κ1) is 30.3. The van der Waals surface area contributed by atoms with Crippen molar-refractivity contribution in [2.45, 2.75) is 53.5 Å². The van der Waals surface area contributed by atoms with Crippen molar-refractivity contribution in [2.75, 3.05) is 27.3 Å². The van der Waals surface area contributed by atoms with Crippen LogP contribution in [0.1, 0.15) is 68.8 Å². The van der Waals surface area contributed by atoms with E-state index in [0.717, 1.165) is 38.8 Å². The van der Waals surface area contributed by atoms with Crippen molar-refractivity contribution in [3.8, 4) is 11.5 Å². The Morgan fingerprint density at radius 2 is 1.74 bits per heavy atom. The molecule has 1 amide bonds. The minimum Gasteiger partial charge on any atom is -0.496 e. The summed E-state index contributed by atoms with van der Waals surface area (Å²) in [7, 11) is 3.30. The summed E-state index contributed by atoms with van der Waals surface area (Å²) in [6, 6.07) is 15.3. The largest absolute Gasteiger partial charge is 0.496 e. The summed E-state index contributed by atoms with van der Waals surface area (Å²) in [5.41, 5.74) is 4.71. The standard InChI is InChI=1S/C35H39N3O4S/c1-9-37(10-2)34(40)30-22(6)36-35-38(32(30)31-25-14-12-11-13-23(25)15-16-27(31)41-7)33(39)29(43-35)19-24-18-26(20(3)4)28(42-8)17-21(24)5/h11-20,32H,9-10H2,1-8H3/b29-19+/t32-/m1/s1. The number of hydrogen-bond acceptors (Lipinski definition) is 6. The molecular formula is C35H39N3O4S. The summed E-state index contributed by atoms with van der Waals surface area (Å²) in [4.78, 5) is 35.8. The predicted molar refractivity (Wildman–Crippen MR) is 174 cm³/mol. The lowest BCUT2D eigenvalue weighted by Crippen LogP contribution is -2.43. The molecule has 43 heavy (non-hydrogen) atoms. The number of fused-ring (bicyclic) bond motifs is 2. The Hall–Kier alpha value is -4.17. The van der Waals surface area contributed by atoms with Gasteiger partial charge in [0.25, 0.3) is 11.5 Å². The van der Waals surface area contributed by atoms with Gasteiger partial charge in [0.05, 0.1) is 30.0 Å². The Labute approximate surface area is 256 Å². The second kappa shape index (κ2) is 12.2. The minimum atomic E-state index is -0.712. The van der Waals surface area contributed by atoms with Gasteiger partial charge in [-0.2, -0.15) is 0 Å². The molecule has 0 bridgehead atoms. The first-order valence-corrected chi connectivity index (χ1v) is 15.5. The second-order valence-electron chi connectivity index (χ2n) is 11.1. The van der Waals surface area contributed by atoms with Crippen LogP contribution in [-0.4, -0.2) is 42.7 Å². The van der Waals surface area contributed by atoms with Crippen molar-refractivity contribution < 1.29 is 14.3 Å². The topological polar surface area (TPSA) is 73.1 Å². The van der Waals surface area contributed by atoms with Crippen molar-refractivity contribution in [1.82, 2.24) is 9.47 Å². The predicted octanol–water partition coefficient (Wildman–Crippen LogP) is 5.71. The minimum absolute atomic E-state index is 0.131. The first-order valence-electron chi connectivity index (χ1n) is 14.7. The number of rotatable bonds is 8. The summed E-state index contributed by atoms with van der Waals surface area (Å²) in [5.74, 6) is 1.57. The highest BCUT2D eigenvalue weighted by molar-refractivity contribution is 7.07. The maximum absolute atomic E-state index is 14.4. The Kier molecular flexibility index (Phi) is 8.60. The number of likely N-dealkylation sites (N-methyl/N-ethyl adjacent to an activating group) is 1. The van der Waals surface area contributed by atoms with E-state index in [1.165, 1.54) is 11.3 Å². The Morgan fingerprint density at radius 3 is 2.40 bits per heavy atom. The number of allylic oxidation sites excluding steroid dienone is 1. The quantitative estimate of drug-likeness (QED) is 0.261. The van der Waals surface area contributed by atoms with E-state index in [1.807, 2.05) is 76.2 Å². The third kappa shape index (κ3) is 5.29. The molecule has 8 heteroatoms. The van der Waals surface area contributed by atoms with Crippen molar-refractivity contribution in [3.05, 3.63) is 102 Å². The Bertz CT molecular complexity index is 1930. The number of thiazole rings is 1. The van der Waals surface area contributed by atoms with Gasteiger partial charge in [0.15, 0.2) is 4.80 Å². The fourth-order valence-corrected chi connectivity index (χ4v) is 6.96. The molecule has 1 aromatic heterocycles. The van der Waals surface area contributed by atoms with E-state index in [4.69, 9.17) is 14.5 Å². The third-order valence-electron chi connectivity index (χ3n) is 8.25. The zero-order chi connectivity index (χ0) is 31.0. The molecule has 5 rings (SSSR count). The average Bonchev–Trinajstić information content (AvgIpc) is 3.30. The van der Waals surface area contributed by atoms with Gasteiger partial charge in [-0.05, 0) is 85.4 Å². The first-order chi connectivity index (χ1) is 20.6. The second-order valence-corrected chi connectivity index (χ2v) is 12.1. The van der Waals surface area contributed by atoms with Crippen LogP contribution in [-0.2, 0) is 4.79 Å². The Morgan fingerprint density at radius 1 is 1.05 bits per heavy atom. The molecule has 0 saturated heterocycles. The third-order valence-corrected chi connectivity index (χ3v) is 9.24. The summed E-state index contributed by atoms with van der Waals surface area (Å²) in [6.07, 6.45) is 1.94. The molecule has 0 saturated carbocycles. The monoisotopic (exact) mass is 597 g/mol. The Balaban J connectivity index is 1.84. The number of hydrogen-bond donors (Lipinski definition) is 0. The number of carbonyl (C=O) groups is 1. The van der Waals surface area contributed by atoms with Crippen molar-refractivity contribution in [1.29, 1.82) is 0 Å². The molecule has 0 N–H and O–H groups in total. The zero-order valence-electron chi connectivity index (χ0n) is 26.1. The van der Waals surface area contributed by atoms with Crippen LogP contribution in [0.5, 0.6) is 11.5 Å². The van der Waals surface area contributed by atoms with Gasteiger partial charge in [-0.25, -0.2) is 4.99 Å². The molecule has 0 aliphatic carbocycles. The zero-order valence-corrected chi connectivity index (χ0v) is 27.0. The highest BCUT2D eigenvalue weighted by Gasteiger charge is 2.36. The van der Waals surface area contributed by atoms with Crippen molar-refractivity contribution in [3.63, 3.8) is 0 Å². The summed E-state index contributed by atoms with van der Waals surface area (Å²) < 4.78 is 13.8. The summed E-state index contributed by atoms with van der Waals surface area (Å²) in [6.45, 7) is 13.1. The van der Waals surface area contributed by atoms with E-state index in [1.54, 1.807) is 23.7 Å². The number of methoxy groups -OCH3 is 2. The molecule has 1 aliphatic heterocycles. The number of nitrogens with zero attached hydrogens (tertiary/aromatic N) is 3. The van der Waals surface area contributed by atoms with Gasteiger partial charge >= 0.3 is 0 Å². The van der Waals surface area contributed by atoms with Gasteiger partial charge in [0, 0.05) is 18.7 Å². The van der Waals surface area contributed by atoms with Crippen LogP contribution in [0.25, 0.3) is 16.8 Å². The normalized spacial score (nSPS) is 15.1. The van der Waals surface area contributed by atoms with E-state index < -0.39 is 6.04 Å². The fourth-order valence-electron chi connectivity index (χ4n) is 5.93. The maximum atomic E-state index is 14.4. The van der Waals surface area contributed by atoms with Crippen molar-refractivity contribution in [2.24, 2.45) is 4.99 Å². The van der Waals surface area contributed by atoms with Crippen LogP contribution >= 0.6 is 11.3 Å². The highest BCUT2D eigenvalue weighted by Crippen LogP contribution is 2.40. The molecule has 1 aliphatic rings. The van der Waals surface area contributed by atoms with Crippen LogP contribution in [0.2, 0.25) is 0 Å². The van der Waals surface area contributed by atoms with E-state index in [9.17, 15) is 9.59 Å². The molecule has 4 aromatic rings. The van der Waals surface area contributed by atoms with Crippen molar-refractivity contribution >= 4 is 34.1 Å². The van der Waals surface area contributed by atoms with Gasteiger partial charge in [0.1, 0.15) is 17.5 Å². The molecule has 0 unspecified atom stereocenters. The molecular weight excluding hydrogens is 558 g/mol. The molecule has 2 heterocycles. The van der Waals surface area contributed by atoms with Gasteiger partial charge < -0.3 is 14.4 Å². The van der Waals surface area contributed by atoms with Crippen LogP contribution in [0.15, 0.2) is 69.6 Å². The van der Waals surface area contributed by atoms with E-state index in [2.05, 4.69) is 19.9 Å². The molecule has 3 aromatic carbocycles. The summed E-state index contributed by atoms with van der Waals surface area (Å²) >= 11 is 1.34. The SMILES string of the molecule is CCN(CC)C(=O)C1=C(C)N=c2s/c(=C/c3cc(C(C)C)c(OC)cc3C)c(=O)n2[C@H]1c1c(OC)ccc2ccccc12. The molecule has 0 radical (unpaired) electrons. The smallest absolute Gasteiger partial charge is 0.271 e.